The minimum atomic E-state index is 0.598. The topological polar surface area (TPSA) is 41.1 Å². The third kappa shape index (κ3) is 1.91. The number of hydrogen-bond acceptors (Lipinski definition) is 2. The lowest BCUT2D eigenvalue weighted by Gasteiger charge is -2.06. The van der Waals surface area contributed by atoms with Crippen molar-refractivity contribution < 1.29 is 0 Å². The Balaban J connectivity index is 2.07. The summed E-state index contributed by atoms with van der Waals surface area (Å²) in [6.45, 7) is 0. The maximum absolute atomic E-state index is 9.64. The third-order valence-electron chi connectivity index (χ3n) is 3.75. The van der Waals surface area contributed by atoms with Gasteiger partial charge in [-0.25, -0.2) is 4.98 Å². The van der Waals surface area contributed by atoms with Crippen molar-refractivity contribution in [1.29, 1.82) is 5.26 Å². The predicted octanol–water partition coefficient (Wildman–Crippen LogP) is 4.79. The summed E-state index contributed by atoms with van der Waals surface area (Å²) in [4.78, 5) is 4.62. The van der Waals surface area contributed by atoms with Crippen LogP contribution in [-0.2, 0) is 0 Å². The minimum Gasteiger partial charge on any atom is -0.299 e. The lowest BCUT2D eigenvalue weighted by Crippen LogP contribution is -1.92. The van der Waals surface area contributed by atoms with Gasteiger partial charge in [-0.2, -0.15) is 5.26 Å². The van der Waals surface area contributed by atoms with Crippen molar-refractivity contribution in [2.75, 3.05) is 0 Å². The zero-order valence-electron chi connectivity index (χ0n) is 11.5. The number of hydrogen-bond donors (Lipinski definition) is 0. The molecule has 0 radical (unpaired) electrons. The Bertz CT molecular complexity index is 1040. The molecule has 0 saturated heterocycles. The van der Waals surface area contributed by atoms with Gasteiger partial charge in [0.2, 0.25) is 0 Å². The second kappa shape index (κ2) is 4.97. The highest BCUT2D eigenvalue weighted by Gasteiger charge is 2.13. The number of pyridine rings is 1. The van der Waals surface area contributed by atoms with Crippen LogP contribution in [0.25, 0.3) is 27.8 Å². The molecular weight excluding hydrogens is 338 g/mol. The molecule has 0 saturated carbocycles. The van der Waals surface area contributed by atoms with E-state index in [1.54, 1.807) is 0 Å². The summed E-state index contributed by atoms with van der Waals surface area (Å²) < 4.78 is 2.98. The van der Waals surface area contributed by atoms with Gasteiger partial charge in [0.15, 0.2) is 5.65 Å². The predicted molar refractivity (Wildman–Crippen MR) is 90.5 cm³/mol. The van der Waals surface area contributed by atoms with Crippen LogP contribution in [0.5, 0.6) is 0 Å². The molecule has 0 fully saturated rings. The van der Waals surface area contributed by atoms with Gasteiger partial charge in [0.1, 0.15) is 11.6 Å². The Morgan fingerprint density at radius 2 is 1.77 bits per heavy atom. The number of para-hydroxylation sites is 2. The third-order valence-corrected chi connectivity index (χ3v) is 4.27. The molecule has 3 nitrogen and oxygen atoms in total. The van der Waals surface area contributed by atoms with Crippen LogP contribution in [0.2, 0.25) is 0 Å². The largest absolute Gasteiger partial charge is 0.299 e. The minimum absolute atomic E-state index is 0.598. The van der Waals surface area contributed by atoms with Gasteiger partial charge in [-0.1, -0.05) is 40.2 Å². The molecule has 2 aromatic carbocycles. The van der Waals surface area contributed by atoms with Gasteiger partial charge in [-0.3, -0.25) is 4.40 Å². The van der Waals surface area contributed by atoms with Gasteiger partial charge in [0.25, 0.3) is 0 Å². The highest BCUT2D eigenvalue weighted by Crippen LogP contribution is 2.29. The lowest BCUT2D eigenvalue weighted by atomic mass is 10.0. The highest BCUT2D eigenvalue weighted by atomic mass is 79.9. The molecule has 104 valence electrons. The van der Waals surface area contributed by atoms with Gasteiger partial charge in [0.05, 0.1) is 11.0 Å². The standard InChI is InChI=1S/C18H10BrN3/c19-13-7-5-12(6-8-13)14-9-10-22-17-4-2-1-3-16(17)21-18(22)15(14)11-20/h1-10H. The van der Waals surface area contributed by atoms with Gasteiger partial charge in [0, 0.05) is 16.2 Å². The van der Waals surface area contributed by atoms with E-state index in [4.69, 9.17) is 0 Å². The van der Waals surface area contributed by atoms with Crippen molar-refractivity contribution in [1.82, 2.24) is 9.38 Å². The first-order valence-corrected chi connectivity index (χ1v) is 7.63. The number of nitriles is 1. The van der Waals surface area contributed by atoms with Gasteiger partial charge < -0.3 is 0 Å². The molecule has 0 aliphatic heterocycles. The zero-order valence-corrected chi connectivity index (χ0v) is 13.1. The summed E-state index contributed by atoms with van der Waals surface area (Å²) in [7, 11) is 0. The average molecular weight is 348 g/mol. The molecule has 0 atom stereocenters. The van der Waals surface area contributed by atoms with Gasteiger partial charge in [-0.05, 0) is 35.9 Å². The monoisotopic (exact) mass is 347 g/mol. The molecule has 0 N–H and O–H groups in total. The maximum atomic E-state index is 9.64. The number of rotatable bonds is 1. The lowest BCUT2D eigenvalue weighted by molar-refractivity contribution is 1.22. The SMILES string of the molecule is N#Cc1c(-c2ccc(Br)cc2)ccn2c1nc1ccccc12. The van der Waals surface area contributed by atoms with E-state index in [0.29, 0.717) is 11.2 Å². The van der Waals surface area contributed by atoms with E-state index in [1.807, 2.05) is 65.2 Å². The van der Waals surface area contributed by atoms with Crippen molar-refractivity contribution in [3.63, 3.8) is 0 Å². The maximum Gasteiger partial charge on any atom is 0.156 e. The summed E-state index contributed by atoms with van der Waals surface area (Å²) in [5.74, 6) is 0. The molecule has 0 aliphatic rings. The Morgan fingerprint density at radius 3 is 2.55 bits per heavy atom. The first-order valence-electron chi connectivity index (χ1n) is 6.84. The second-order valence-electron chi connectivity index (χ2n) is 5.02. The van der Waals surface area contributed by atoms with Crippen LogP contribution in [0.1, 0.15) is 5.56 Å². The summed E-state index contributed by atoms with van der Waals surface area (Å²) in [6.07, 6.45) is 1.98. The molecule has 4 aromatic rings. The van der Waals surface area contributed by atoms with Crippen LogP contribution in [0.4, 0.5) is 0 Å². The summed E-state index contributed by atoms with van der Waals surface area (Å²) >= 11 is 3.44. The number of aromatic nitrogens is 2. The van der Waals surface area contributed by atoms with E-state index in [0.717, 1.165) is 26.6 Å². The first-order chi connectivity index (χ1) is 10.8. The van der Waals surface area contributed by atoms with Gasteiger partial charge >= 0.3 is 0 Å². The molecular formula is C18H10BrN3. The molecule has 2 aromatic heterocycles. The van der Waals surface area contributed by atoms with Crippen LogP contribution in [0, 0.1) is 11.3 Å². The van der Waals surface area contributed by atoms with Crippen molar-refractivity contribution in [3.05, 3.63) is 70.8 Å². The molecule has 0 spiro atoms. The smallest absolute Gasteiger partial charge is 0.156 e. The van der Waals surface area contributed by atoms with E-state index in [9.17, 15) is 5.26 Å². The van der Waals surface area contributed by atoms with Crippen LogP contribution < -0.4 is 0 Å². The molecule has 4 heteroatoms. The van der Waals surface area contributed by atoms with Crippen LogP contribution in [0.15, 0.2) is 65.3 Å². The van der Waals surface area contributed by atoms with Crippen molar-refractivity contribution in [2.45, 2.75) is 0 Å². The fraction of sp³-hybridized carbons (Fsp3) is 0. The van der Waals surface area contributed by atoms with E-state index in [-0.39, 0.29) is 0 Å². The Hall–Kier alpha value is -2.64. The average Bonchev–Trinajstić information content (AvgIpc) is 2.93. The second-order valence-corrected chi connectivity index (χ2v) is 5.93. The number of nitrogens with zero attached hydrogens (tertiary/aromatic N) is 3. The van der Waals surface area contributed by atoms with E-state index < -0.39 is 0 Å². The van der Waals surface area contributed by atoms with Gasteiger partial charge in [-0.15, -0.1) is 0 Å². The fourth-order valence-corrected chi connectivity index (χ4v) is 2.97. The van der Waals surface area contributed by atoms with Crippen molar-refractivity contribution in [3.8, 4) is 17.2 Å². The van der Waals surface area contributed by atoms with E-state index >= 15 is 0 Å². The van der Waals surface area contributed by atoms with Crippen molar-refractivity contribution in [2.24, 2.45) is 0 Å². The number of fused-ring (bicyclic) bond motifs is 3. The Labute approximate surface area is 135 Å². The van der Waals surface area contributed by atoms with E-state index in [2.05, 4.69) is 27.0 Å². The molecule has 22 heavy (non-hydrogen) atoms. The highest BCUT2D eigenvalue weighted by molar-refractivity contribution is 9.10. The summed E-state index contributed by atoms with van der Waals surface area (Å²) in [5.41, 5.74) is 5.11. The molecule has 0 amide bonds. The van der Waals surface area contributed by atoms with Crippen LogP contribution in [0.3, 0.4) is 0 Å². The molecule has 2 heterocycles. The first kappa shape index (κ1) is 13.1. The van der Waals surface area contributed by atoms with Crippen LogP contribution >= 0.6 is 15.9 Å². The zero-order chi connectivity index (χ0) is 15.1. The molecule has 0 bridgehead atoms. The number of benzene rings is 2. The fourth-order valence-electron chi connectivity index (χ4n) is 2.70. The summed E-state index contributed by atoms with van der Waals surface area (Å²) in [5, 5.41) is 9.64. The Kier molecular flexibility index (Phi) is 2.95. The van der Waals surface area contributed by atoms with Crippen molar-refractivity contribution >= 4 is 32.6 Å². The van der Waals surface area contributed by atoms with E-state index in [1.165, 1.54) is 0 Å². The van der Waals surface area contributed by atoms with Crippen LogP contribution in [-0.4, -0.2) is 9.38 Å². The number of imidazole rings is 1. The Morgan fingerprint density at radius 1 is 1.00 bits per heavy atom. The normalized spacial score (nSPS) is 10.9. The molecule has 0 aliphatic carbocycles. The number of halogens is 1. The molecule has 0 unspecified atom stereocenters. The quantitative estimate of drug-likeness (QED) is 0.496. The molecule has 4 rings (SSSR count). The summed E-state index contributed by atoms with van der Waals surface area (Å²) in [6, 6.07) is 20.1.